The number of rotatable bonds is 2. The van der Waals surface area contributed by atoms with E-state index in [4.69, 9.17) is 4.52 Å². The zero-order chi connectivity index (χ0) is 12.5. The molecule has 0 aliphatic heterocycles. The molecule has 18 heavy (non-hydrogen) atoms. The van der Waals surface area contributed by atoms with Gasteiger partial charge in [0.15, 0.2) is 0 Å². The first-order valence-corrected chi connectivity index (χ1v) is 6.66. The van der Waals surface area contributed by atoms with E-state index in [1.165, 1.54) is 0 Å². The van der Waals surface area contributed by atoms with Crippen LogP contribution in [0.1, 0.15) is 31.1 Å². The van der Waals surface area contributed by atoms with Gasteiger partial charge in [-0.2, -0.15) is 4.98 Å². The fourth-order valence-corrected chi connectivity index (χ4v) is 2.67. The molecule has 0 spiro atoms. The Labute approximate surface area is 113 Å². The first-order valence-electron chi connectivity index (χ1n) is 5.87. The molecule has 2 aromatic rings. The van der Waals surface area contributed by atoms with Crippen LogP contribution in [0, 0.1) is 0 Å². The summed E-state index contributed by atoms with van der Waals surface area (Å²) in [5.74, 6) is 0.978. The van der Waals surface area contributed by atoms with E-state index in [-0.39, 0.29) is 11.7 Å². The second-order valence-corrected chi connectivity index (χ2v) is 5.20. The Balaban J connectivity index is 1.95. The van der Waals surface area contributed by atoms with Crippen LogP contribution in [0.25, 0.3) is 11.4 Å². The average molecular weight is 307 g/mol. The normalized spacial score (nSPS) is 19.4. The summed E-state index contributed by atoms with van der Waals surface area (Å²) in [4.78, 5) is 16.0. The van der Waals surface area contributed by atoms with Crippen molar-refractivity contribution in [3.05, 3.63) is 34.6 Å². The van der Waals surface area contributed by atoms with Gasteiger partial charge >= 0.3 is 0 Å². The molecule has 1 fully saturated rings. The lowest BCUT2D eigenvalue weighted by Crippen LogP contribution is -2.04. The Morgan fingerprint density at radius 3 is 2.89 bits per heavy atom. The van der Waals surface area contributed by atoms with Crippen molar-refractivity contribution in [3.8, 4) is 11.4 Å². The number of ketones is 1. The Kier molecular flexibility index (Phi) is 2.99. The highest BCUT2D eigenvalue weighted by Gasteiger charge is 2.31. The summed E-state index contributed by atoms with van der Waals surface area (Å²) in [5, 5.41) is 3.96. The first kappa shape index (κ1) is 11.6. The highest BCUT2D eigenvalue weighted by Crippen LogP contribution is 2.32. The van der Waals surface area contributed by atoms with Crippen molar-refractivity contribution in [2.24, 2.45) is 0 Å². The lowest BCUT2D eigenvalue weighted by molar-refractivity contribution is -0.119. The van der Waals surface area contributed by atoms with Crippen molar-refractivity contribution in [1.29, 1.82) is 0 Å². The van der Waals surface area contributed by atoms with Gasteiger partial charge in [-0.25, -0.2) is 0 Å². The number of carbonyl (C=O) groups is 1. The number of carbonyl (C=O) groups excluding carboxylic acids is 1. The van der Waals surface area contributed by atoms with Crippen molar-refractivity contribution in [2.45, 2.75) is 25.2 Å². The van der Waals surface area contributed by atoms with Crippen LogP contribution in [0.2, 0.25) is 0 Å². The summed E-state index contributed by atoms with van der Waals surface area (Å²) in [5.41, 5.74) is 0.873. The van der Waals surface area contributed by atoms with E-state index in [2.05, 4.69) is 26.1 Å². The molecule has 0 saturated heterocycles. The number of hydrogen-bond acceptors (Lipinski definition) is 4. The topological polar surface area (TPSA) is 56.0 Å². The van der Waals surface area contributed by atoms with Gasteiger partial charge in [-0.1, -0.05) is 33.2 Å². The largest absolute Gasteiger partial charge is 0.338 e. The SMILES string of the molecule is O=C1CCCC1c1nc(-c2ccccc2Br)no1. The molecule has 92 valence electrons. The van der Waals surface area contributed by atoms with Crippen LogP contribution in [0.5, 0.6) is 0 Å². The maximum absolute atomic E-state index is 11.7. The molecule has 0 bridgehead atoms. The third-order valence-corrected chi connectivity index (χ3v) is 3.85. The van der Waals surface area contributed by atoms with Crippen molar-refractivity contribution < 1.29 is 9.32 Å². The quantitative estimate of drug-likeness (QED) is 0.854. The second kappa shape index (κ2) is 4.65. The van der Waals surface area contributed by atoms with Crippen LogP contribution in [0.4, 0.5) is 0 Å². The number of halogens is 1. The number of nitrogens with zero attached hydrogens (tertiary/aromatic N) is 2. The summed E-state index contributed by atoms with van der Waals surface area (Å²) in [6.45, 7) is 0. The van der Waals surface area contributed by atoms with Crippen LogP contribution < -0.4 is 0 Å². The molecule has 1 aliphatic rings. The average Bonchev–Trinajstić information content (AvgIpc) is 2.98. The van der Waals surface area contributed by atoms with Crippen molar-refractivity contribution in [3.63, 3.8) is 0 Å². The molecule has 1 aromatic carbocycles. The zero-order valence-electron chi connectivity index (χ0n) is 9.60. The minimum atomic E-state index is -0.200. The molecule has 1 saturated carbocycles. The summed E-state index contributed by atoms with van der Waals surface area (Å²) in [6, 6.07) is 7.67. The molecule has 1 aliphatic carbocycles. The lowest BCUT2D eigenvalue weighted by atomic mass is 10.1. The summed E-state index contributed by atoms with van der Waals surface area (Å²) in [7, 11) is 0. The minimum absolute atomic E-state index is 0.200. The molecule has 0 amide bonds. The van der Waals surface area contributed by atoms with E-state index in [0.29, 0.717) is 18.1 Å². The monoisotopic (exact) mass is 306 g/mol. The highest BCUT2D eigenvalue weighted by molar-refractivity contribution is 9.10. The predicted octanol–water partition coefficient (Wildman–Crippen LogP) is 3.34. The van der Waals surface area contributed by atoms with E-state index < -0.39 is 0 Å². The van der Waals surface area contributed by atoms with Crippen LogP contribution in [-0.2, 0) is 4.79 Å². The maximum Gasteiger partial charge on any atom is 0.237 e. The first-order chi connectivity index (χ1) is 8.75. The highest BCUT2D eigenvalue weighted by atomic mass is 79.9. The Bertz CT molecular complexity index is 594. The minimum Gasteiger partial charge on any atom is -0.338 e. The Morgan fingerprint density at radius 2 is 2.17 bits per heavy atom. The predicted molar refractivity (Wildman–Crippen MR) is 69.0 cm³/mol. The van der Waals surface area contributed by atoms with E-state index in [0.717, 1.165) is 22.9 Å². The van der Waals surface area contributed by atoms with Gasteiger partial charge < -0.3 is 4.52 Å². The van der Waals surface area contributed by atoms with Crippen LogP contribution in [0.15, 0.2) is 33.3 Å². The van der Waals surface area contributed by atoms with Gasteiger partial charge in [-0.15, -0.1) is 0 Å². The smallest absolute Gasteiger partial charge is 0.237 e. The van der Waals surface area contributed by atoms with Crippen molar-refractivity contribution >= 4 is 21.7 Å². The lowest BCUT2D eigenvalue weighted by Gasteiger charge is -1.99. The molecule has 1 aromatic heterocycles. The van der Waals surface area contributed by atoms with Crippen LogP contribution in [0.3, 0.4) is 0 Å². The Hall–Kier alpha value is -1.49. The van der Waals surface area contributed by atoms with Gasteiger partial charge in [-0.05, 0) is 25.0 Å². The van der Waals surface area contributed by atoms with Crippen molar-refractivity contribution in [1.82, 2.24) is 10.1 Å². The molecule has 4 nitrogen and oxygen atoms in total. The van der Waals surface area contributed by atoms with E-state index in [1.54, 1.807) is 0 Å². The van der Waals surface area contributed by atoms with Gasteiger partial charge in [0, 0.05) is 16.5 Å². The standard InChI is InChI=1S/C13H11BrN2O2/c14-10-6-2-1-4-8(10)12-15-13(18-16-12)9-5-3-7-11(9)17/h1-2,4,6,9H,3,5,7H2. The molecule has 1 heterocycles. The van der Waals surface area contributed by atoms with Gasteiger partial charge in [0.05, 0.1) is 5.92 Å². The molecule has 1 atom stereocenters. The van der Waals surface area contributed by atoms with Crippen molar-refractivity contribution in [2.75, 3.05) is 0 Å². The summed E-state index contributed by atoms with van der Waals surface area (Å²) >= 11 is 3.45. The number of benzene rings is 1. The molecule has 0 N–H and O–H groups in total. The van der Waals surface area contributed by atoms with Gasteiger partial charge in [0.2, 0.25) is 11.7 Å². The second-order valence-electron chi connectivity index (χ2n) is 4.35. The third-order valence-electron chi connectivity index (χ3n) is 3.16. The molecule has 1 unspecified atom stereocenters. The van der Waals surface area contributed by atoms with Gasteiger partial charge in [0.25, 0.3) is 0 Å². The van der Waals surface area contributed by atoms with Gasteiger partial charge in [-0.3, -0.25) is 4.79 Å². The maximum atomic E-state index is 11.7. The summed E-state index contributed by atoms with van der Waals surface area (Å²) < 4.78 is 6.14. The molecule has 3 rings (SSSR count). The molecular weight excluding hydrogens is 296 g/mol. The summed E-state index contributed by atoms with van der Waals surface area (Å²) in [6.07, 6.45) is 2.35. The van der Waals surface area contributed by atoms with Crippen LogP contribution in [-0.4, -0.2) is 15.9 Å². The zero-order valence-corrected chi connectivity index (χ0v) is 11.2. The molecule has 0 radical (unpaired) electrons. The van der Waals surface area contributed by atoms with Gasteiger partial charge in [0.1, 0.15) is 5.78 Å². The number of aromatic nitrogens is 2. The van der Waals surface area contributed by atoms with E-state index >= 15 is 0 Å². The van der Waals surface area contributed by atoms with E-state index in [9.17, 15) is 4.79 Å². The van der Waals surface area contributed by atoms with Crippen LogP contribution >= 0.6 is 15.9 Å². The Morgan fingerprint density at radius 1 is 1.33 bits per heavy atom. The molecular formula is C13H11BrN2O2. The fraction of sp³-hybridized carbons (Fsp3) is 0.308. The fourth-order valence-electron chi connectivity index (χ4n) is 2.21. The third kappa shape index (κ3) is 1.99. The number of hydrogen-bond donors (Lipinski definition) is 0. The number of Topliss-reactive ketones (excluding diaryl/α,β-unsaturated/α-hetero) is 1. The molecule has 5 heteroatoms. The van der Waals surface area contributed by atoms with E-state index in [1.807, 2.05) is 24.3 Å².